The van der Waals surface area contributed by atoms with Gasteiger partial charge >= 0.3 is 0 Å². The number of thioether (sulfide) groups is 1. The summed E-state index contributed by atoms with van der Waals surface area (Å²) >= 11 is 16.7. The van der Waals surface area contributed by atoms with Crippen LogP contribution < -0.4 is 9.47 Å². The summed E-state index contributed by atoms with van der Waals surface area (Å²) in [5.41, 5.74) is 1.24. The van der Waals surface area contributed by atoms with Gasteiger partial charge in [-0.2, -0.15) is 0 Å². The van der Waals surface area contributed by atoms with Gasteiger partial charge in [0.1, 0.15) is 0 Å². The van der Waals surface area contributed by atoms with Gasteiger partial charge in [-0.05, 0) is 77.4 Å². The number of carbonyl (C=O) groups excluding carboxylic acids is 2. The number of halogens is 3. The van der Waals surface area contributed by atoms with Gasteiger partial charge in [-0.1, -0.05) is 29.3 Å². The molecule has 1 aliphatic rings. The molecular weight excluding hydrogens is 513 g/mol. The molecule has 3 rings (SSSR count). The fraction of sp³-hybridized carbons (Fsp3) is 0.238. The summed E-state index contributed by atoms with van der Waals surface area (Å²) in [6, 6.07) is 8.64. The van der Waals surface area contributed by atoms with Crippen molar-refractivity contribution in [3.63, 3.8) is 0 Å². The molecule has 1 aliphatic heterocycles. The minimum atomic E-state index is -0.399. The molecule has 0 radical (unpaired) electrons. The highest BCUT2D eigenvalue weighted by Crippen LogP contribution is 2.40. The summed E-state index contributed by atoms with van der Waals surface area (Å²) in [5.74, 6) is 0.754. The lowest BCUT2D eigenvalue weighted by molar-refractivity contribution is -0.123. The summed E-state index contributed by atoms with van der Waals surface area (Å²) in [5, 5.41) is 0.432. The third-order valence-electron chi connectivity index (χ3n) is 4.17. The highest BCUT2D eigenvalue weighted by molar-refractivity contribution is 9.10. The second kappa shape index (κ2) is 10.1. The lowest BCUT2D eigenvalue weighted by Crippen LogP contribution is -2.27. The Hall–Kier alpha value is -1.67. The van der Waals surface area contributed by atoms with E-state index in [4.69, 9.17) is 32.7 Å². The molecule has 9 heteroatoms. The van der Waals surface area contributed by atoms with Crippen molar-refractivity contribution in [2.24, 2.45) is 0 Å². The van der Waals surface area contributed by atoms with E-state index in [0.29, 0.717) is 55.3 Å². The second-order valence-corrected chi connectivity index (χ2v) is 8.83. The maximum Gasteiger partial charge on any atom is 0.293 e. The number of rotatable bonds is 7. The normalized spacial score (nSPS) is 15.2. The Morgan fingerprint density at radius 3 is 2.40 bits per heavy atom. The molecule has 0 bridgehead atoms. The number of nitrogens with zero attached hydrogens (tertiary/aromatic N) is 1. The lowest BCUT2D eigenvalue weighted by atomic mass is 10.1. The number of imide groups is 1. The first-order chi connectivity index (χ1) is 14.3. The average molecular weight is 531 g/mol. The van der Waals surface area contributed by atoms with Crippen LogP contribution in [-0.4, -0.2) is 29.3 Å². The zero-order valence-corrected chi connectivity index (χ0v) is 20.1. The van der Waals surface area contributed by atoms with Crippen molar-refractivity contribution in [3.05, 3.63) is 60.9 Å². The van der Waals surface area contributed by atoms with E-state index >= 15 is 0 Å². The van der Waals surface area contributed by atoms with Crippen molar-refractivity contribution in [3.8, 4) is 11.5 Å². The first-order valence-corrected chi connectivity index (χ1v) is 11.5. The Bertz CT molecular complexity index is 1010. The molecule has 0 N–H and O–H groups in total. The van der Waals surface area contributed by atoms with Gasteiger partial charge in [0, 0.05) is 15.6 Å². The maximum absolute atomic E-state index is 12.9. The fourth-order valence-corrected chi connectivity index (χ4v) is 4.78. The van der Waals surface area contributed by atoms with Crippen LogP contribution in [0.1, 0.15) is 25.0 Å². The van der Waals surface area contributed by atoms with Crippen LogP contribution in [0.25, 0.3) is 6.08 Å². The molecule has 2 amide bonds. The molecule has 0 saturated carbocycles. The number of ether oxygens (including phenoxy) is 2. The first kappa shape index (κ1) is 23.0. The molecule has 1 heterocycles. The molecule has 1 saturated heterocycles. The molecule has 0 spiro atoms. The Morgan fingerprint density at radius 1 is 1.10 bits per heavy atom. The zero-order valence-electron chi connectivity index (χ0n) is 16.2. The lowest BCUT2D eigenvalue weighted by Gasteiger charge is -2.15. The van der Waals surface area contributed by atoms with Gasteiger partial charge in [-0.15, -0.1) is 0 Å². The van der Waals surface area contributed by atoms with E-state index in [9.17, 15) is 9.59 Å². The van der Waals surface area contributed by atoms with Crippen molar-refractivity contribution in [1.82, 2.24) is 4.90 Å². The Kier molecular flexibility index (Phi) is 7.74. The van der Waals surface area contributed by atoms with E-state index in [0.717, 1.165) is 16.7 Å². The van der Waals surface area contributed by atoms with E-state index in [-0.39, 0.29) is 11.8 Å². The molecule has 0 unspecified atom stereocenters. The van der Waals surface area contributed by atoms with Gasteiger partial charge in [-0.3, -0.25) is 14.5 Å². The summed E-state index contributed by atoms with van der Waals surface area (Å²) in [6.45, 7) is 4.73. The molecule has 0 aromatic heterocycles. The third kappa shape index (κ3) is 4.97. The molecule has 0 aliphatic carbocycles. The van der Waals surface area contributed by atoms with Crippen molar-refractivity contribution < 1.29 is 19.1 Å². The average Bonchev–Trinajstić information content (AvgIpc) is 2.94. The second-order valence-electron chi connectivity index (χ2n) is 6.16. The van der Waals surface area contributed by atoms with E-state index in [1.807, 2.05) is 19.9 Å². The third-order valence-corrected chi connectivity index (χ3v) is 6.37. The quantitative estimate of drug-likeness (QED) is 0.369. The van der Waals surface area contributed by atoms with Crippen LogP contribution >= 0.6 is 50.9 Å². The number of amides is 2. The molecule has 30 heavy (non-hydrogen) atoms. The Morgan fingerprint density at radius 2 is 1.77 bits per heavy atom. The van der Waals surface area contributed by atoms with Gasteiger partial charge in [0.25, 0.3) is 11.1 Å². The topological polar surface area (TPSA) is 55.8 Å². The molecule has 5 nitrogen and oxygen atoms in total. The number of hydrogen-bond acceptors (Lipinski definition) is 5. The number of benzene rings is 2. The molecular formula is C21H18BrCl2NO4S. The predicted octanol–water partition coefficient (Wildman–Crippen LogP) is 6.79. The van der Waals surface area contributed by atoms with Crippen LogP contribution in [0.3, 0.4) is 0 Å². The maximum atomic E-state index is 12.9. The van der Waals surface area contributed by atoms with Crippen LogP contribution in [0.5, 0.6) is 11.5 Å². The van der Waals surface area contributed by atoms with Gasteiger partial charge in [-0.25, -0.2) is 0 Å². The standard InChI is InChI=1S/C21H18BrCl2NO4S/c1-3-28-17-9-12(8-14(22)19(17)29-4-2)10-18-20(26)25(21(27)30-18)11-13-15(23)6-5-7-16(13)24/h5-10H,3-4,11H2,1-2H3/b18-10+. The van der Waals surface area contributed by atoms with E-state index in [1.165, 1.54) is 0 Å². The minimum absolute atomic E-state index is 0.0116. The van der Waals surface area contributed by atoms with Crippen molar-refractivity contribution in [1.29, 1.82) is 0 Å². The zero-order chi connectivity index (χ0) is 21.8. The van der Waals surface area contributed by atoms with Gasteiger partial charge in [0.15, 0.2) is 11.5 Å². The number of carbonyl (C=O) groups is 2. The van der Waals surface area contributed by atoms with Crippen LogP contribution in [0.15, 0.2) is 39.7 Å². The highest BCUT2D eigenvalue weighted by atomic mass is 79.9. The summed E-state index contributed by atoms with van der Waals surface area (Å²) in [4.78, 5) is 26.8. The molecule has 2 aromatic rings. The smallest absolute Gasteiger partial charge is 0.293 e. The van der Waals surface area contributed by atoms with E-state index < -0.39 is 5.91 Å². The molecule has 0 atom stereocenters. The van der Waals surface area contributed by atoms with Gasteiger partial charge in [0.05, 0.1) is 29.1 Å². The monoisotopic (exact) mass is 529 g/mol. The number of hydrogen-bond donors (Lipinski definition) is 0. The van der Waals surface area contributed by atoms with E-state index in [1.54, 1.807) is 30.3 Å². The fourth-order valence-electron chi connectivity index (χ4n) is 2.85. The highest BCUT2D eigenvalue weighted by Gasteiger charge is 2.35. The largest absolute Gasteiger partial charge is 0.490 e. The van der Waals surface area contributed by atoms with E-state index in [2.05, 4.69) is 15.9 Å². The van der Waals surface area contributed by atoms with Crippen LogP contribution in [0.4, 0.5) is 4.79 Å². The first-order valence-electron chi connectivity index (χ1n) is 9.13. The minimum Gasteiger partial charge on any atom is -0.490 e. The van der Waals surface area contributed by atoms with Crippen molar-refractivity contribution in [2.45, 2.75) is 20.4 Å². The summed E-state index contributed by atoms with van der Waals surface area (Å²) < 4.78 is 12.0. The Balaban J connectivity index is 1.90. The summed E-state index contributed by atoms with van der Waals surface area (Å²) in [7, 11) is 0. The summed E-state index contributed by atoms with van der Waals surface area (Å²) in [6.07, 6.45) is 1.65. The van der Waals surface area contributed by atoms with Gasteiger partial charge < -0.3 is 9.47 Å². The Labute approximate surface area is 197 Å². The van der Waals surface area contributed by atoms with Crippen LogP contribution in [0.2, 0.25) is 10.0 Å². The predicted molar refractivity (Wildman–Crippen MR) is 124 cm³/mol. The van der Waals surface area contributed by atoms with Crippen molar-refractivity contribution in [2.75, 3.05) is 13.2 Å². The van der Waals surface area contributed by atoms with Gasteiger partial charge in [0.2, 0.25) is 0 Å². The van der Waals surface area contributed by atoms with Crippen LogP contribution in [-0.2, 0) is 11.3 Å². The SMILES string of the molecule is CCOc1cc(/C=C2/SC(=O)N(Cc3c(Cl)cccc3Cl)C2=O)cc(Br)c1OCC. The molecule has 158 valence electrons. The molecule has 2 aromatic carbocycles. The van der Waals surface area contributed by atoms with Crippen molar-refractivity contribution >= 4 is 68.1 Å². The molecule has 1 fully saturated rings. The van der Waals surface area contributed by atoms with Crippen LogP contribution in [0, 0.1) is 0 Å².